The van der Waals surface area contributed by atoms with Crippen LogP contribution in [0.15, 0.2) is 5.10 Å². The molecule has 2 rings (SSSR count). The number of hydrogen-bond donors (Lipinski definition) is 1. The Labute approximate surface area is 109 Å². The number of hydrogen-bond acceptors (Lipinski definition) is 4. The maximum atomic E-state index is 11.2. The number of nitrogens with zero attached hydrogens (tertiary/aromatic N) is 2. The molecule has 18 heavy (non-hydrogen) atoms. The van der Waals surface area contributed by atoms with E-state index >= 15 is 0 Å². The third-order valence-electron chi connectivity index (χ3n) is 3.94. The average molecular weight is 253 g/mol. The molecule has 2 aliphatic rings. The Balaban J connectivity index is 1.98. The van der Waals surface area contributed by atoms with Gasteiger partial charge >= 0.3 is 0 Å². The van der Waals surface area contributed by atoms with Crippen LogP contribution in [0, 0.1) is 0 Å². The summed E-state index contributed by atoms with van der Waals surface area (Å²) in [4.78, 5) is 13.5. The summed E-state index contributed by atoms with van der Waals surface area (Å²) in [5, 5.41) is 4.22. The number of nitrogens with one attached hydrogen (secondary N) is 1. The average Bonchev–Trinajstić information content (AvgIpc) is 2.67. The lowest BCUT2D eigenvalue weighted by molar-refractivity contribution is -0.120. The molecule has 102 valence electrons. The second-order valence-corrected chi connectivity index (χ2v) is 5.41. The van der Waals surface area contributed by atoms with Gasteiger partial charge in [-0.15, -0.1) is 0 Å². The lowest BCUT2D eigenvalue weighted by atomic mass is 9.88. The minimum absolute atomic E-state index is 0.0190. The summed E-state index contributed by atoms with van der Waals surface area (Å²) in [6, 6.07) is 0. The van der Waals surface area contributed by atoms with E-state index in [1.54, 1.807) is 0 Å². The van der Waals surface area contributed by atoms with E-state index in [0.29, 0.717) is 6.42 Å². The topological polar surface area (TPSA) is 53.9 Å². The van der Waals surface area contributed by atoms with Crippen LogP contribution in [0.25, 0.3) is 0 Å². The third kappa shape index (κ3) is 2.90. The molecule has 0 aromatic carbocycles. The summed E-state index contributed by atoms with van der Waals surface area (Å²) < 4.78 is 6.11. The van der Waals surface area contributed by atoms with Crippen molar-refractivity contribution >= 4 is 11.6 Å². The second kappa shape index (κ2) is 5.36. The molecule has 1 amide bonds. The van der Waals surface area contributed by atoms with Crippen molar-refractivity contribution in [1.29, 1.82) is 0 Å². The minimum Gasteiger partial charge on any atom is -0.366 e. The van der Waals surface area contributed by atoms with Gasteiger partial charge in [0.25, 0.3) is 0 Å². The highest BCUT2D eigenvalue weighted by molar-refractivity contribution is 5.92. The van der Waals surface area contributed by atoms with Crippen LogP contribution in [0.3, 0.4) is 0 Å². The zero-order valence-corrected chi connectivity index (χ0v) is 11.5. The molecule has 1 N–H and O–H groups in total. The van der Waals surface area contributed by atoms with Crippen molar-refractivity contribution < 1.29 is 9.53 Å². The van der Waals surface area contributed by atoms with E-state index in [-0.39, 0.29) is 17.6 Å². The minimum atomic E-state index is -0.0426. The number of carbonyl (C=O) groups is 1. The summed E-state index contributed by atoms with van der Waals surface area (Å²) in [5.41, 5.74) is 3.53. The maximum absolute atomic E-state index is 11.2. The van der Waals surface area contributed by atoms with E-state index in [1.807, 2.05) is 13.8 Å². The molecule has 2 saturated heterocycles. The molecule has 2 heterocycles. The zero-order chi connectivity index (χ0) is 13.2. The lowest BCUT2D eigenvalue weighted by Gasteiger charge is -2.36. The zero-order valence-electron chi connectivity index (χ0n) is 11.5. The van der Waals surface area contributed by atoms with Crippen LogP contribution in [0.4, 0.5) is 0 Å². The number of piperidine rings is 1. The van der Waals surface area contributed by atoms with E-state index in [4.69, 9.17) is 4.74 Å². The molecular weight excluding hydrogens is 230 g/mol. The lowest BCUT2D eigenvalue weighted by Crippen LogP contribution is -2.42. The van der Waals surface area contributed by atoms with E-state index in [1.165, 1.54) is 0 Å². The molecule has 2 aliphatic heterocycles. The van der Waals surface area contributed by atoms with Gasteiger partial charge < -0.3 is 9.64 Å². The van der Waals surface area contributed by atoms with Crippen molar-refractivity contribution in [1.82, 2.24) is 10.3 Å². The Kier molecular flexibility index (Phi) is 4.02. The Morgan fingerprint density at radius 1 is 1.56 bits per heavy atom. The van der Waals surface area contributed by atoms with Crippen molar-refractivity contribution in [3.63, 3.8) is 0 Å². The number of hydrazone groups is 1. The van der Waals surface area contributed by atoms with Crippen molar-refractivity contribution in [3.8, 4) is 0 Å². The van der Waals surface area contributed by atoms with Gasteiger partial charge in [-0.2, -0.15) is 5.10 Å². The Morgan fingerprint density at radius 2 is 2.22 bits per heavy atom. The number of carbonyl (C=O) groups excluding carboxylic acids is 1. The van der Waals surface area contributed by atoms with Crippen LogP contribution >= 0.6 is 0 Å². The molecule has 0 bridgehead atoms. The first-order chi connectivity index (χ1) is 8.54. The molecule has 0 aromatic heterocycles. The fourth-order valence-electron chi connectivity index (χ4n) is 2.62. The van der Waals surface area contributed by atoms with Crippen molar-refractivity contribution in [2.75, 3.05) is 20.1 Å². The Hall–Kier alpha value is -0.940. The molecule has 0 saturated carbocycles. The number of ether oxygens (including phenoxy) is 1. The fourth-order valence-corrected chi connectivity index (χ4v) is 2.62. The first kappa shape index (κ1) is 13.5. The van der Waals surface area contributed by atoms with Crippen molar-refractivity contribution in [2.24, 2.45) is 5.10 Å². The quantitative estimate of drug-likeness (QED) is 0.751. The molecule has 2 fully saturated rings. The normalized spacial score (nSPS) is 29.9. The molecule has 0 aliphatic carbocycles. The Morgan fingerprint density at radius 3 is 2.83 bits per heavy atom. The second-order valence-electron chi connectivity index (χ2n) is 5.41. The molecule has 5 nitrogen and oxygen atoms in total. The molecule has 0 radical (unpaired) electrons. The summed E-state index contributed by atoms with van der Waals surface area (Å²) >= 11 is 0. The summed E-state index contributed by atoms with van der Waals surface area (Å²) in [6.45, 7) is 5.98. The van der Waals surface area contributed by atoms with E-state index in [2.05, 4.69) is 22.5 Å². The van der Waals surface area contributed by atoms with Crippen LogP contribution in [-0.4, -0.2) is 48.4 Å². The highest BCUT2D eigenvalue weighted by Gasteiger charge is 2.44. The summed E-state index contributed by atoms with van der Waals surface area (Å²) in [6.07, 6.45) is 3.43. The van der Waals surface area contributed by atoms with Crippen molar-refractivity contribution in [3.05, 3.63) is 0 Å². The molecule has 1 atom stereocenters. The van der Waals surface area contributed by atoms with Crippen LogP contribution in [0.2, 0.25) is 0 Å². The van der Waals surface area contributed by atoms with Crippen LogP contribution in [0.1, 0.15) is 39.5 Å². The number of rotatable bonds is 2. The highest BCUT2D eigenvalue weighted by Crippen LogP contribution is 2.37. The van der Waals surface area contributed by atoms with Gasteiger partial charge in [0, 0.05) is 25.9 Å². The van der Waals surface area contributed by atoms with Gasteiger partial charge in [-0.05, 0) is 26.8 Å². The molecule has 5 heteroatoms. The monoisotopic (exact) mass is 253 g/mol. The predicted octanol–water partition coefficient (Wildman–Crippen LogP) is 1.14. The first-order valence-electron chi connectivity index (χ1n) is 6.76. The summed E-state index contributed by atoms with van der Waals surface area (Å²) in [5.74, 6) is -0.0426. The standard InChI is InChI=1S/C13H23N3O2/c1-4-12(17)15-14-11-9-13(18-10(11)2)5-7-16(3)8-6-13/h10H,4-9H2,1-3H3,(H,15,17)/b14-11+. The SMILES string of the molecule is CCC(=O)N/N=C1\CC2(CCN(C)CC2)OC1C. The van der Waals surface area contributed by atoms with E-state index in [0.717, 1.165) is 38.1 Å². The van der Waals surface area contributed by atoms with Gasteiger partial charge in [0.05, 0.1) is 17.4 Å². The molecule has 0 aromatic rings. The number of amides is 1. The maximum Gasteiger partial charge on any atom is 0.239 e. The van der Waals surface area contributed by atoms with Crippen molar-refractivity contribution in [2.45, 2.75) is 51.2 Å². The van der Waals surface area contributed by atoms with Gasteiger partial charge in [-0.3, -0.25) is 4.79 Å². The van der Waals surface area contributed by atoms with Gasteiger partial charge in [-0.25, -0.2) is 5.43 Å². The van der Waals surface area contributed by atoms with Gasteiger partial charge in [0.15, 0.2) is 0 Å². The van der Waals surface area contributed by atoms with Gasteiger partial charge in [-0.1, -0.05) is 6.92 Å². The summed E-state index contributed by atoms with van der Waals surface area (Å²) in [7, 11) is 2.14. The molecule has 1 unspecified atom stereocenters. The first-order valence-corrected chi connectivity index (χ1v) is 6.76. The molecular formula is C13H23N3O2. The third-order valence-corrected chi connectivity index (χ3v) is 3.94. The van der Waals surface area contributed by atoms with Gasteiger partial charge in [0.1, 0.15) is 0 Å². The smallest absolute Gasteiger partial charge is 0.239 e. The molecule has 1 spiro atoms. The van der Waals surface area contributed by atoms with Crippen LogP contribution in [-0.2, 0) is 9.53 Å². The van der Waals surface area contributed by atoms with E-state index < -0.39 is 0 Å². The largest absolute Gasteiger partial charge is 0.366 e. The predicted molar refractivity (Wildman–Crippen MR) is 70.5 cm³/mol. The fraction of sp³-hybridized carbons (Fsp3) is 0.846. The van der Waals surface area contributed by atoms with Gasteiger partial charge in [0.2, 0.25) is 5.91 Å². The highest BCUT2D eigenvalue weighted by atomic mass is 16.5. The Bertz CT molecular complexity index is 346. The van der Waals surface area contributed by atoms with Crippen LogP contribution < -0.4 is 5.43 Å². The van der Waals surface area contributed by atoms with Crippen LogP contribution in [0.5, 0.6) is 0 Å². The number of likely N-dealkylation sites (tertiary alicyclic amines) is 1. The van der Waals surface area contributed by atoms with E-state index in [9.17, 15) is 4.79 Å².